The van der Waals surface area contributed by atoms with E-state index in [0.717, 1.165) is 59.0 Å². The lowest BCUT2D eigenvalue weighted by Gasteiger charge is -2.20. The van der Waals surface area contributed by atoms with Crippen LogP contribution in [0.5, 0.6) is 0 Å². The molecular weight excluding hydrogens is 419 g/mol. The van der Waals surface area contributed by atoms with E-state index in [9.17, 15) is 9.18 Å². The average Bonchev–Trinajstić information content (AvgIpc) is 3.28. The van der Waals surface area contributed by atoms with Crippen molar-refractivity contribution in [3.8, 4) is 10.6 Å². The molecule has 1 atom stereocenters. The van der Waals surface area contributed by atoms with E-state index in [2.05, 4.69) is 12.2 Å². The van der Waals surface area contributed by atoms with Crippen LogP contribution in [0.15, 0.2) is 18.2 Å². The maximum Gasteiger partial charge on any atom is 0.138 e. The van der Waals surface area contributed by atoms with Gasteiger partial charge >= 0.3 is 0 Å². The smallest absolute Gasteiger partial charge is 0.138 e. The summed E-state index contributed by atoms with van der Waals surface area (Å²) in [5.41, 5.74) is 3.12. The number of carbonyl (C=O) groups excluding carboxylic acids is 1. The molecule has 0 radical (unpaired) electrons. The van der Waals surface area contributed by atoms with Crippen LogP contribution < -0.4 is 5.32 Å². The number of Topliss-reactive ketones (excluding diaryl/α,β-unsaturated/α-hetero) is 1. The van der Waals surface area contributed by atoms with Gasteiger partial charge < -0.3 is 10.1 Å². The summed E-state index contributed by atoms with van der Waals surface area (Å²) in [6.45, 7) is 3.84. The van der Waals surface area contributed by atoms with Gasteiger partial charge in [0.1, 0.15) is 16.6 Å². The Labute approximate surface area is 184 Å². The first-order chi connectivity index (χ1) is 14.6. The number of ketones is 1. The third-order valence-electron chi connectivity index (χ3n) is 5.56. The van der Waals surface area contributed by atoms with Crippen LogP contribution in [0.1, 0.15) is 54.0 Å². The van der Waals surface area contributed by atoms with Gasteiger partial charge in [0.25, 0.3) is 0 Å². The molecule has 0 saturated heterocycles. The van der Waals surface area contributed by atoms with Gasteiger partial charge in [-0.1, -0.05) is 6.42 Å². The lowest BCUT2D eigenvalue weighted by molar-refractivity contribution is -0.118. The lowest BCUT2D eigenvalue weighted by atomic mass is 9.97. The minimum absolute atomic E-state index is 0.270. The van der Waals surface area contributed by atoms with Gasteiger partial charge in [0.2, 0.25) is 0 Å². The Hall–Kier alpha value is -1.67. The predicted octanol–water partition coefficient (Wildman–Crippen LogP) is 5.69. The van der Waals surface area contributed by atoms with E-state index in [1.165, 1.54) is 22.6 Å². The van der Waals surface area contributed by atoms with Gasteiger partial charge in [-0.3, -0.25) is 4.79 Å². The van der Waals surface area contributed by atoms with Crippen molar-refractivity contribution in [3.05, 3.63) is 39.3 Å². The van der Waals surface area contributed by atoms with E-state index in [1.807, 2.05) is 0 Å². The largest absolute Gasteiger partial charge is 0.385 e. The summed E-state index contributed by atoms with van der Waals surface area (Å²) in [7, 11) is 1.71. The topological polar surface area (TPSA) is 51.2 Å². The highest BCUT2D eigenvalue weighted by Crippen LogP contribution is 2.44. The van der Waals surface area contributed by atoms with Gasteiger partial charge in [-0.25, -0.2) is 9.37 Å². The highest BCUT2D eigenvalue weighted by atomic mass is 32.1. The number of thiophene rings is 1. The third kappa shape index (κ3) is 4.64. The summed E-state index contributed by atoms with van der Waals surface area (Å²) >= 11 is 3.33. The number of rotatable bonds is 9. The Morgan fingerprint density at radius 1 is 1.30 bits per heavy atom. The van der Waals surface area contributed by atoms with Gasteiger partial charge in [-0.15, -0.1) is 22.7 Å². The molecule has 30 heavy (non-hydrogen) atoms. The standard InChI is InChI=1S/C23H27FN2O2S2/c1-14-22-17(9-10-25-14)21(23-26-18-12-15(24)7-8-19(18)30-23)20(29-22)13-16(27)6-4-3-5-11-28-2/h7-8,12,14,25H,3-6,9-11,13H2,1-2H3/t14-/m1/s1. The van der Waals surface area contributed by atoms with Gasteiger partial charge in [0.15, 0.2) is 0 Å². The lowest BCUT2D eigenvalue weighted by Crippen LogP contribution is -2.26. The van der Waals surface area contributed by atoms with Crippen molar-refractivity contribution in [3.63, 3.8) is 0 Å². The number of thiazole rings is 1. The number of carbonyl (C=O) groups is 1. The van der Waals surface area contributed by atoms with E-state index >= 15 is 0 Å². The zero-order valence-corrected chi connectivity index (χ0v) is 19.1. The number of unbranched alkanes of at least 4 members (excludes halogenated alkanes) is 2. The van der Waals surface area contributed by atoms with Gasteiger partial charge in [-0.05, 0) is 50.4 Å². The molecule has 0 bridgehead atoms. The number of nitrogens with one attached hydrogen (secondary N) is 1. The molecule has 3 aromatic rings. The van der Waals surface area contributed by atoms with Crippen LogP contribution in [0, 0.1) is 5.82 Å². The van der Waals surface area contributed by atoms with E-state index in [1.54, 1.807) is 35.8 Å². The quantitative estimate of drug-likeness (QED) is 0.429. The number of halogens is 1. The zero-order valence-electron chi connectivity index (χ0n) is 17.4. The summed E-state index contributed by atoms with van der Waals surface area (Å²) in [5, 5.41) is 4.43. The Morgan fingerprint density at radius 3 is 3.00 bits per heavy atom. The fourth-order valence-electron chi connectivity index (χ4n) is 4.03. The maximum absolute atomic E-state index is 13.7. The number of nitrogens with zero attached hydrogens (tertiary/aromatic N) is 1. The molecule has 0 fully saturated rings. The van der Waals surface area contributed by atoms with Crippen LogP contribution in [-0.2, 0) is 22.4 Å². The molecule has 0 unspecified atom stereocenters. The molecule has 1 aliphatic heterocycles. The Kier molecular flexibility index (Phi) is 6.93. The van der Waals surface area contributed by atoms with E-state index in [-0.39, 0.29) is 17.6 Å². The molecular formula is C23H27FN2O2S2. The molecule has 0 aliphatic carbocycles. The van der Waals surface area contributed by atoms with Crippen LogP contribution in [0.3, 0.4) is 0 Å². The monoisotopic (exact) mass is 446 g/mol. The number of methoxy groups -OCH3 is 1. The number of benzene rings is 1. The fraction of sp³-hybridized carbons (Fsp3) is 0.478. The highest BCUT2D eigenvalue weighted by molar-refractivity contribution is 7.22. The SMILES string of the molecule is COCCCCCC(=O)Cc1sc2c(c1-c1nc3cc(F)ccc3s1)CCN[C@@H]2C. The molecule has 1 aromatic carbocycles. The van der Waals surface area contributed by atoms with Gasteiger partial charge in [-0.2, -0.15) is 0 Å². The molecule has 0 saturated carbocycles. The minimum atomic E-state index is -0.270. The number of ether oxygens (including phenoxy) is 1. The van der Waals surface area contributed by atoms with Crippen molar-refractivity contribution >= 4 is 38.7 Å². The first-order valence-electron chi connectivity index (χ1n) is 10.5. The first kappa shape index (κ1) is 21.6. The average molecular weight is 447 g/mol. The second kappa shape index (κ2) is 9.64. The van der Waals surface area contributed by atoms with E-state index in [4.69, 9.17) is 9.72 Å². The predicted molar refractivity (Wildman–Crippen MR) is 122 cm³/mol. The normalized spacial score (nSPS) is 16.2. The second-order valence-electron chi connectivity index (χ2n) is 7.82. The summed E-state index contributed by atoms with van der Waals surface area (Å²) in [5.74, 6) is 0.00780. The van der Waals surface area contributed by atoms with Crippen LogP contribution in [0.25, 0.3) is 20.8 Å². The van der Waals surface area contributed by atoms with Crippen LogP contribution in [0.4, 0.5) is 4.39 Å². The van der Waals surface area contributed by atoms with Gasteiger partial charge in [0, 0.05) is 54.0 Å². The van der Waals surface area contributed by atoms with E-state index in [0.29, 0.717) is 18.4 Å². The molecule has 4 rings (SSSR count). The summed E-state index contributed by atoms with van der Waals surface area (Å²) in [6.07, 6.45) is 4.90. The molecule has 160 valence electrons. The second-order valence-corrected chi connectivity index (χ2v) is 9.99. The van der Waals surface area contributed by atoms with Crippen LogP contribution in [0.2, 0.25) is 0 Å². The van der Waals surface area contributed by atoms with Crippen molar-refractivity contribution < 1.29 is 13.9 Å². The Balaban J connectivity index is 1.62. The Bertz CT molecular complexity index is 1040. The molecule has 0 spiro atoms. The first-order valence-corrected chi connectivity index (χ1v) is 12.1. The number of hydrogen-bond acceptors (Lipinski definition) is 6. The summed E-state index contributed by atoms with van der Waals surface area (Å²) < 4.78 is 19.7. The van der Waals surface area contributed by atoms with Crippen molar-refractivity contribution in [2.24, 2.45) is 0 Å². The molecule has 4 nitrogen and oxygen atoms in total. The van der Waals surface area contributed by atoms with Crippen LogP contribution >= 0.6 is 22.7 Å². The van der Waals surface area contributed by atoms with Crippen molar-refractivity contribution in [1.29, 1.82) is 0 Å². The molecule has 1 aliphatic rings. The number of fused-ring (bicyclic) bond motifs is 2. The molecule has 1 N–H and O–H groups in total. The fourth-order valence-corrected chi connectivity index (χ4v) is 6.55. The molecule has 2 aromatic heterocycles. The summed E-state index contributed by atoms with van der Waals surface area (Å²) in [4.78, 5) is 19.9. The molecule has 7 heteroatoms. The maximum atomic E-state index is 13.7. The molecule has 3 heterocycles. The molecule has 0 amide bonds. The van der Waals surface area contributed by atoms with Crippen molar-refractivity contribution in [2.75, 3.05) is 20.3 Å². The minimum Gasteiger partial charge on any atom is -0.385 e. The Morgan fingerprint density at radius 2 is 2.17 bits per heavy atom. The number of hydrogen-bond donors (Lipinski definition) is 1. The van der Waals surface area contributed by atoms with E-state index < -0.39 is 0 Å². The zero-order chi connectivity index (χ0) is 21.1. The highest BCUT2D eigenvalue weighted by Gasteiger charge is 2.28. The van der Waals surface area contributed by atoms with Crippen molar-refractivity contribution in [2.45, 2.75) is 51.5 Å². The summed E-state index contributed by atoms with van der Waals surface area (Å²) in [6, 6.07) is 5.04. The number of aromatic nitrogens is 1. The van der Waals surface area contributed by atoms with Gasteiger partial charge in [0.05, 0.1) is 10.2 Å². The van der Waals surface area contributed by atoms with Crippen LogP contribution in [-0.4, -0.2) is 31.0 Å². The van der Waals surface area contributed by atoms with Crippen molar-refractivity contribution in [1.82, 2.24) is 10.3 Å². The third-order valence-corrected chi connectivity index (χ3v) is 8.02.